The van der Waals surface area contributed by atoms with Crippen molar-refractivity contribution < 1.29 is 0 Å². The average Bonchev–Trinajstić information content (AvgIpc) is 2.48. The van der Waals surface area contributed by atoms with Gasteiger partial charge in [-0.1, -0.05) is 53.7 Å². The van der Waals surface area contributed by atoms with E-state index in [1.165, 1.54) is 12.2 Å². The average molecular weight is 198 g/mol. The van der Waals surface area contributed by atoms with E-state index in [2.05, 4.69) is 42.9 Å². The zero-order valence-corrected chi connectivity index (χ0v) is 9.17. The second-order valence-electron chi connectivity index (χ2n) is 3.65. The maximum absolute atomic E-state index is 2.38. The zero-order valence-electron chi connectivity index (χ0n) is 7.54. The van der Waals surface area contributed by atoms with Crippen LogP contribution in [-0.4, -0.2) is 10.5 Å². The summed E-state index contributed by atoms with van der Waals surface area (Å²) in [6.07, 6.45) is 8.20. The first-order valence-electron chi connectivity index (χ1n) is 4.45. The molecule has 1 unspecified atom stereocenters. The van der Waals surface area contributed by atoms with Crippen LogP contribution in [0.5, 0.6) is 0 Å². The minimum absolute atomic E-state index is 0.350. The van der Waals surface area contributed by atoms with Crippen LogP contribution in [0.2, 0.25) is 0 Å². The van der Waals surface area contributed by atoms with Gasteiger partial charge in [-0.15, -0.1) is 0 Å². The Kier molecular flexibility index (Phi) is 2.30. The molecule has 0 aromatic carbocycles. The second-order valence-corrected chi connectivity index (χ2v) is 6.35. The molecule has 1 aliphatic heterocycles. The fraction of sp³-hybridized carbons (Fsp3) is 0.600. The first kappa shape index (κ1) is 8.76. The van der Waals surface area contributed by atoms with Crippen molar-refractivity contribution in [2.75, 3.05) is 5.75 Å². The third kappa shape index (κ3) is 1.16. The maximum Gasteiger partial charge on any atom is 0.0680 e. The van der Waals surface area contributed by atoms with Crippen LogP contribution in [0.4, 0.5) is 0 Å². The molecule has 12 heavy (non-hydrogen) atoms. The highest BCUT2D eigenvalue weighted by Gasteiger charge is 2.39. The highest BCUT2D eigenvalue weighted by Crippen LogP contribution is 2.54. The number of hydrogen-bond acceptors (Lipinski definition) is 2. The second kappa shape index (κ2) is 3.15. The normalized spacial score (nSPS) is 33.8. The Labute approximate surface area is 82.3 Å². The molecule has 2 heteroatoms. The molecule has 0 aromatic rings. The molecule has 1 atom stereocenters. The minimum atomic E-state index is 0.350. The molecular weight excluding hydrogens is 184 g/mol. The molecule has 0 spiro atoms. The summed E-state index contributed by atoms with van der Waals surface area (Å²) in [5, 5.41) is 0. The van der Waals surface area contributed by atoms with Gasteiger partial charge in [-0.2, -0.15) is 0 Å². The maximum atomic E-state index is 2.38. The summed E-state index contributed by atoms with van der Waals surface area (Å²) < 4.78 is 0.350. The Bertz CT molecular complexity index is 240. The van der Waals surface area contributed by atoms with E-state index < -0.39 is 0 Å². The highest BCUT2D eigenvalue weighted by molar-refractivity contribution is 8.77. The molecule has 2 rings (SSSR count). The fourth-order valence-electron chi connectivity index (χ4n) is 1.85. The summed E-state index contributed by atoms with van der Waals surface area (Å²) in [5.41, 5.74) is 1.64. The van der Waals surface area contributed by atoms with Crippen LogP contribution in [0.15, 0.2) is 23.8 Å². The fourth-order valence-corrected chi connectivity index (χ4v) is 5.19. The molecule has 1 saturated heterocycles. The van der Waals surface area contributed by atoms with Crippen molar-refractivity contribution in [3.8, 4) is 0 Å². The summed E-state index contributed by atoms with van der Waals surface area (Å²) in [4.78, 5) is 0. The molecule has 2 aliphatic rings. The molecule has 0 saturated carbocycles. The third-order valence-corrected chi connectivity index (χ3v) is 5.97. The molecule has 0 bridgehead atoms. The topological polar surface area (TPSA) is 0 Å². The molecule has 66 valence electrons. The summed E-state index contributed by atoms with van der Waals surface area (Å²) in [7, 11) is 4.07. The van der Waals surface area contributed by atoms with Crippen LogP contribution in [-0.2, 0) is 0 Å². The van der Waals surface area contributed by atoms with Crippen molar-refractivity contribution in [3.63, 3.8) is 0 Å². The molecule has 0 radical (unpaired) electrons. The van der Waals surface area contributed by atoms with Crippen LogP contribution in [0, 0.1) is 5.92 Å². The quantitative estimate of drug-likeness (QED) is 0.590. The summed E-state index contributed by atoms with van der Waals surface area (Å²) in [6.45, 7) is 4.64. The monoisotopic (exact) mass is 198 g/mol. The first-order chi connectivity index (χ1) is 5.76. The lowest BCUT2D eigenvalue weighted by Crippen LogP contribution is -2.31. The summed E-state index contributed by atoms with van der Waals surface area (Å²) in [5.74, 6) is 2.01. The van der Waals surface area contributed by atoms with Gasteiger partial charge in [0.1, 0.15) is 0 Å². The van der Waals surface area contributed by atoms with E-state index >= 15 is 0 Å². The Morgan fingerprint density at radius 2 is 2.33 bits per heavy atom. The Morgan fingerprint density at radius 1 is 1.50 bits per heavy atom. The molecule has 0 nitrogen and oxygen atoms in total. The van der Waals surface area contributed by atoms with Crippen molar-refractivity contribution in [2.24, 2.45) is 5.92 Å². The van der Waals surface area contributed by atoms with Gasteiger partial charge in [0.15, 0.2) is 0 Å². The summed E-state index contributed by atoms with van der Waals surface area (Å²) >= 11 is 0. The lowest BCUT2D eigenvalue weighted by molar-refractivity contribution is 0.564. The zero-order chi connectivity index (χ0) is 8.60. The van der Waals surface area contributed by atoms with Gasteiger partial charge in [0, 0.05) is 5.75 Å². The van der Waals surface area contributed by atoms with Crippen LogP contribution >= 0.6 is 21.6 Å². The van der Waals surface area contributed by atoms with Gasteiger partial charge >= 0.3 is 0 Å². The number of allylic oxidation sites excluding steroid dienone is 2. The predicted molar refractivity (Wildman–Crippen MR) is 59.5 cm³/mol. The molecule has 0 aromatic heterocycles. The van der Waals surface area contributed by atoms with Crippen molar-refractivity contribution in [1.82, 2.24) is 0 Å². The van der Waals surface area contributed by atoms with Crippen LogP contribution in [0.3, 0.4) is 0 Å². The van der Waals surface area contributed by atoms with Crippen molar-refractivity contribution in [3.05, 3.63) is 23.8 Å². The predicted octanol–water partition coefficient (Wildman–Crippen LogP) is 3.66. The number of hydrogen-bond donors (Lipinski definition) is 0. The van der Waals surface area contributed by atoms with Gasteiger partial charge in [0.05, 0.1) is 4.75 Å². The Balaban J connectivity index is 2.31. The van der Waals surface area contributed by atoms with E-state index in [0.29, 0.717) is 4.75 Å². The van der Waals surface area contributed by atoms with E-state index in [1.807, 2.05) is 10.8 Å². The van der Waals surface area contributed by atoms with E-state index in [9.17, 15) is 0 Å². The van der Waals surface area contributed by atoms with Gasteiger partial charge in [0.2, 0.25) is 0 Å². The lowest BCUT2D eigenvalue weighted by Gasteiger charge is -2.37. The van der Waals surface area contributed by atoms with Crippen LogP contribution in [0.25, 0.3) is 0 Å². The Hall–Kier alpha value is 0.180. The molecule has 1 heterocycles. The molecule has 0 amide bonds. The van der Waals surface area contributed by atoms with E-state index in [1.54, 1.807) is 5.57 Å². The van der Waals surface area contributed by atoms with Crippen molar-refractivity contribution in [1.29, 1.82) is 0 Å². The van der Waals surface area contributed by atoms with Crippen LogP contribution < -0.4 is 0 Å². The first-order valence-corrected chi connectivity index (χ1v) is 6.77. The van der Waals surface area contributed by atoms with Gasteiger partial charge < -0.3 is 0 Å². The Morgan fingerprint density at radius 3 is 3.00 bits per heavy atom. The molecule has 1 aliphatic carbocycles. The van der Waals surface area contributed by atoms with Gasteiger partial charge in [-0.3, -0.25) is 0 Å². The van der Waals surface area contributed by atoms with Crippen LogP contribution in [0.1, 0.15) is 20.3 Å². The van der Waals surface area contributed by atoms with Gasteiger partial charge in [-0.25, -0.2) is 0 Å². The largest absolute Gasteiger partial charge is 0.0926 e. The van der Waals surface area contributed by atoms with Gasteiger partial charge in [0.25, 0.3) is 0 Å². The minimum Gasteiger partial charge on any atom is -0.0926 e. The van der Waals surface area contributed by atoms with Crippen molar-refractivity contribution in [2.45, 2.75) is 25.0 Å². The molecule has 0 N–H and O–H groups in total. The smallest absolute Gasteiger partial charge is 0.0680 e. The number of fused-ring (bicyclic) bond motifs is 1. The number of rotatable bonds is 1. The lowest BCUT2D eigenvalue weighted by atomic mass is 9.88. The van der Waals surface area contributed by atoms with E-state index in [4.69, 9.17) is 0 Å². The van der Waals surface area contributed by atoms with Crippen molar-refractivity contribution >= 4 is 21.6 Å². The third-order valence-electron chi connectivity index (χ3n) is 2.65. The highest BCUT2D eigenvalue weighted by atomic mass is 33.1. The SMILES string of the molecule is CC(C)C12C=CC=C1CCSS2. The van der Waals surface area contributed by atoms with E-state index in [-0.39, 0.29) is 0 Å². The standard InChI is InChI=1S/C10H14S2/c1-8(2)10-6-3-4-9(10)5-7-11-12-10/h3-4,6,8H,5,7H2,1-2H3. The van der Waals surface area contributed by atoms with Gasteiger partial charge in [-0.05, 0) is 17.9 Å². The molecule has 1 fully saturated rings. The summed E-state index contributed by atoms with van der Waals surface area (Å²) in [6, 6.07) is 0. The van der Waals surface area contributed by atoms with E-state index in [0.717, 1.165) is 5.92 Å². The molecular formula is C10H14S2.